The molecule has 0 atom stereocenters. The highest BCUT2D eigenvalue weighted by molar-refractivity contribution is 7.27. The Morgan fingerprint density at radius 3 is 1.62 bits per heavy atom. The molecule has 2 heterocycles. The molecule has 0 aliphatic carbocycles. The fourth-order valence-electron chi connectivity index (χ4n) is 5.29. The summed E-state index contributed by atoms with van der Waals surface area (Å²) in [7, 11) is 0. The van der Waals surface area contributed by atoms with Crippen molar-refractivity contribution >= 4 is 84.6 Å². The van der Waals surface area contributed by atoms with Crippen molar-refractivity contribution in [2.75, 3.05) is 0 Å². The van der Waals surface area contributed by atoms with Crippen molar-refractivity contribution in [1.29, 1.82) is 0 Å². The number of hydrogen-bond donors (Lipinski definition) is 0. The van der Waals surface area contributed by atoms with Gasteiger partial charge < -0.3 is 0 Å². The second-order valence-corrected chi connectivity index (χ2v) is 11.2. The van der Waals surface area contributed by atoms with Crippen molar-refractivity contribution < 1.29 is 0 Å². The summed E-state index contributed by atoms with van der Waals surface area (Å²) in [6.07, 6.45) is 0. The van der Waals surface area contributed by atoms with Crippen LogP contribution in [0.25, 0.3) is 73.0 Å². The van der Waals surface area contributed by atoms with Gasteiger partial charge in [0.2, 0.25) is 0 Å². The van der Waals surface area contributed by atoms with E-state index in [1.165, 1.54) is 73.0 Å². The van der Waals surface area contributed by atoms with Gasteiger partial charge in [-0.25, -0.2) is 0 Å². The fourth-order valence-corrected chi connectivity index (χ4v) is 7.62. The number of rotatable bonds is 1. The zero-order chi connectivity index (χ0) is 22.2. The Hall–Kier alpha value is -3.72. The molecule has 158 valence electrons. The molecular formula is C32H18S2. The van der Waals surface area contributed by atoms with Gasteiger partial charge in [0.05, 0.1) is 0 Å². The van der Waals surface area contributed by atoms with Crippen LogP contribution in [0.5, 0.6) is 0 Å². The van der Waals surface area contributed by atoms with Gasteiger partial charge in [0.15, 0.2) is 0 Å². The molecule has 0 amide bonds. The van der Waals surface area contributed by atoms with Crippen LogP contribution in [0.2, 0.25) is 0 Å². The van der Waals surface area contributed by atoms with E-state index in [-0.39, 0.29) is 0 Å². The van der Waals surface area contributed by atoms with Crippen LogP contribution in [0.15, 0.2) is 109 Å². The monoisotopic (exact) mass is 466 g/mol. The normalized spacial score (nSPS) is 12.1. The Labute approximate surface area is 204 Å². The van der Waals surface area contributed by atoms with Gasteiger partial charge >= 0.3 is 0 Å². The largest absolute Gasteiger partial charge is 0.135 e. The van der Waals surface area contributed by atoms with E-state index in [2.05, 4.69) is 109 Å². The van der Waals surface area contributed by atoms with Crippen LogP contribution in [0, 0.1) is 0 Å². The average molecular weight is 467 g/mol. The molecule has 8 rings (SSSR count). The van der Waals surface area contributed by atoms with Crippen LogP contribution in [-0.2, 0) is 0 Å². The average Bonchev–Trinajstić information content (AvgIpc) is 3.41. The second kappa shape index (κ2) is 6.89. The molecule has 2 aromatic heterocycles. The molecule has 0 radical (unpaired) electrons. The van der Waals surface area contributed by atoms with Gasteiger partial charge in [0.1, 0.15) is 0 Å². The molecule has 0 aliphatic heterocycles. The van der Waals surface area contributed by atoms with Crippen LogP contribution in [0.1, 0.15) is 0 Å². The van der Waals surface area contributed by atoms with E-state index in [0.29, 0.717) is 0 Å². The highest BCUT2D eigenvalue weighted by atomic mass is 32.1. The van der Waals surface area contributed by atoms with Crippen molar-refractivity contribution in [3.05, 3.63) is 109 Å². The van der Waals surface area contributed by atoms with Crippen LogP contribution >= 0.6 is 22.7 Å². The predicted molar refractivity (Wildman–Crippen MR) is 153 cm³/mol. The van der Waals surface area contributed by atoms with Gasteiger partial charge in [-0.3, -0.25) is 0 Å². The summed E-state index contributed by atoms with van der Waals surface area (Å²) in [5.74, 6) is 0. The Morgan fingerprint density at radius 1 is 0.324 bits per heavy atom. The molecule has 0 saturated heterocycles. The lowest BCUT2D eigenvalue weighted by Gasteiger charge is -2.03. The maximum absolute atomic E-state index is 2.42. The summed E-state index contributed by atoms with van der Waals surface area (Å²) in [6, 6.07) is 40.5. The number of thiophene rings is 2. The summed E-state index contributed by atoms with van der Waals surface area (Å²) in [6.45, 7) is 0. The molecule has 0 saturated carbocycles. The van der Waals surface area contributed by atoms with E-state index in [1.807, 2.05) is 22.7 Å². The number of hydrogen-bond acceptors (Lipinski definition) is 2. The first-order valence-corrected chi connectivity index (χ1v) is 13.1. The maximum Gasteiger partial charge on any atom is 0.0362 e. The van der Waals surface area contributed by atoms with Crippen molar-refractivity contribution in [3.8, 4) is 11.1 Å². The molecule has 6 aromatic carbocycles. The van der Waals surface area contributed by atoms with Crippen molar-refractivity contribution in [3.63, 3.8) is 0 Å². The van der Waals surface area contributed by atoms with E-state index in [1.54, 1.807) is 0 Å². The Kier molecular flexibility index (Phi) is 3.79. The lowest BCUT2D eigenvalue weighted by molar-refractivity contribution is 1.66. The smallest absolute Gasteiger partial charge is 0.0362 e. The van der Waals surface area contributed by atoms with Crippen LogP contribution in [-0.4, -0.2) is 0 Å². The third-order valence-corrected chi connectivity index (χ3v) is 9.22. The van der Waals surface area contributed by atoms with E-state index < -0.39 is 0 Å². The molecular weight excluding hydrogens is 448 g/mol. The minimum absolute atomic E-state index is 1.27. The summed E-state index contributed by atoms with van der Waals surface area (Å²) in [5.41, 5.74) is 2.55. The molecule has 2 heteroatoms. The van der Waals surface area contributed by atoms with Gasteiger partial charge in [0, 0.05) is 40.3 Å². The van der Waals surface area contributed by atoms with Gasteiger partial charge in [-0.05, 0) is 75.1 Å². The third kappa shape index (κ3) is 2.70. The number of fused-ring (bicyclic) bond motifs is 8. The van der Waals surface area contributed by atoms with E-state index in [0.717, 1.165) is 0 Å². The summed E-state index contributed by atoms with van der Waals surface area (Å²) in [4.78, 5) is 0. The van der Waals surface area contributed by atoms with Crippen molar-refractivity contribution in [2.24, 2.45) is 0 Å². The van der Waals surface area contributed by atoms with Crippen molar-refractivity contribution in [1.82, 2.24) is 0 Å². The Bertz CT molecular complexity index is 2060. The van der Waals surface area contributed by atoms with Gasteiger partial charge in [-0.1, -0.05) is 66.7 Å². The van der Waals surface area contributed by atoms with Crippen LogP contribution < -0.4 is 0 Å². The Balaban J connectivity index is 1.38. The predicted octanol–water partition coefficient (Wildman–Crippen LogP) is 10.4. The molecule has 0 fully saturated rings. The fraction of sp³-hybridized carbons (Fsp3) is 0. The first kappa shape index (κ1) is 18.7. The summed E-state index contributed by atoms with van der Waals surface area (Å²) >= 11 is 3.82. The molecule has 34 heavy (non-hydrogen) atoms. The van der Waals surface area contributed by atoms with Crippen molar-refractivity contribution in [2.45, 2.75) is 0 Å². The van der Waals surface area contributed by atoms with E-state index in [9.17, 15) is 0 Å². The highest BCUT2D eigenvalue weighted by Gasteiger charge is 2.13. The molecule has 0 nitrogen and oxygen atoms in total. The van der Waals surface area contributed by atoms with E-state index >= 15 is 0 Å². The van der Waals surface area contributed by atoms with Crippen LogP contribution in [0.4, 0.5) is 0 Å². The topological polar surface area (TPSA) is 0 Å². The highest BCUT2D eigenvalue weighted by Crippen LogP contribution is 2.43. The minimum Gasteiger partial charge on any atom is -0.135 e. The standard InChI is InChI=1S/C32H18S2/c1-2-6-19(7-3-1)22-10-11-25-27-17-32-28(18-31(27)33-29(25)15-22)26-14-23-12-20-8-4-5-9-21(20)13-24(23)16-30(26)34-32/h1-18H. The zero-order valence-corrected chi connectivity index (χ0v) is 19.8. The first-order valence-electron chi connectivity index (χ1n) is 11.5. The number of benzene rings is 6. The van der Waals surface area contributed by atoms with Gasteiger partial charge in [-0.2, -0.15) is 0 Å². The summed E-state index contributed by atoms with van der Waals surface area (Å²) in [5, 5.41) is 10.7. The first-order chi connectivity index (χ1) is 16.8. The maximum atomic E-state index is 2.42. The summed E-state index contributed by atoms with van der Waals surface area (Å²) < 4.78 is 5.46. The SMILES string of the molecule is c1ccc(-c2ccc3c(c2)sc2cc4c(cc23)sc2cc3cc5ccccc5cc3cc24)cc1. The molecule has 0 spiro atoms. The minimum atomic E-state index is 1.27. The van der Waals surface area contributed by atoms with Crippen LogP contribution in [0.3, 0.4) is 0 Å². The zero-order valence-electron chi connectivity index (χ0n) is 18.2. The molecule has 0 unspecified atom stereocenters. The Morgan fingerprint density at radius 2 is 0.882 bits per heavy atom. The van der Waals surface area contributed by atoms with E-state index in [4.69, 9.17) is 0 Å². The molecule has 8 aromatic rings. The van der Waals surface area contributed by atoms with Gasteiger partial charge in [-0.15, -0.1) is 22.7 Å². The third-order valence-electron chi connectivity index (χ3n) is 6.99. The lowest BCUT2D eigenvalue weighted by atomic mass is 10.0. The molecule has 0 N–H and O–H groups in total. The van der Waals surface area contributed by atoms with Gasteiger partial charge in [0.25, 0.3) is 0 Å². The molecule has 0 aliphatic rings. The molecule has 0 bridgehead atoms. The lowest BCUT2D eigenvalue weighted by Crippen LogP contribution is -1.76. The second-order valence-electron chi connectivity index (χ2n) is 9.02. The quantitative estimate of drug-likeness (QED) is 0.211.